The summed E-state index contributed by atoms with van der Waals surface area (Å²) in [7, 11) is 0. The quantitative estimate of drug-likeness (QED) is 0.143. The van der Waals surface area contributed by atoms with Crippen LogP contribution < -0.4 is 4.90 Å². The van der Waals surface area contributed by atoms with Gasteiger partial charge in [0, 0.05) is 29.2 Å². The highest BCUT2D eigenvalue weighted by Gasteiger charge is 2.14. The number of nitrogens with zero attached hydrogens (tertiary/aromatic N) is 1. The van der Waals surface area contributed by atoms with Crippen LogP contribution in [0.2, 0.25) is 0 Å². The minimum atomic E-state index is -0.387. The molecule has 0 aliphatic heterocycles. The zero-order valence-electron chi connectivity index (χ0n) is 21.7. The zero-order valence-corrected chi connectivity index (χ0v) is 21.7. The number of aryl methyl sites for hydroxylation is 4. The van der Waals surface area contributed by atoms with Crippen molar-refractivity contribution in [2.75, 3.05) is 18.1 Å². The van der Waals surface area contributed by atoms with Crippen LogP contribution in [-0.4, -0.2) is 25.2 Å². The van der Waals surface area contributed by atoms with E-state index >= 15 is 0 Å². The van der Waals surface area contributed by atoms with E-state index in [1.807, 2.05) is 0 Å². The fourth-order valence-corrected chi connectivity index (χ4v) is 4.17. The molecule has 0 aliphatic rings. The van der Waals surface area contributed by atoms with Crippen molar-refractivity contribution in [1.29, 1.82) is 0 Å². The third kappa shape index (κ3) is 8.50. The lowest BCUT2D eigenvalue weighted by Gasteiger charge is -2.26. The summed E-state index contributed by atoms with van der Waals surface area (Å²) in [5.74, 6) is -0.775. The summed E-state index contributed by atoms with van der Waals surface area (Å²) in [5.41, 5.74) is 8.02. The first-order valence-electron chi connectivity index (χ1n) is 12.5. The molecule has 0 N–H and O–H groups in total. The highest BCUT2D eigenvalue weighted by atomic mass is 16.5. The standard InChI is InChI=1S/C32H35NO4/c1-5-31(34)36-19-7-9-26-11-15-28(16-12-26)33(30-22-24(3)21-25(4)23-30)29-17-13-27(14-18-29)10-8-20-37-32(35)6-2/h5-6,11-18,21-23H,1-2,7-10,19-20H2,3-4H3. The highest BCUT2D eigenvalue weighted by molar-refractivity contribution is 5.81. The number of carbonyl (C=O) groups excluding carboxylic acids is 2. The summed E-state index contributed by atoms with van der Waals surface area (Å²) < 4.78 is 10.2. The summed E-state index contributed by atoms with van der Waals surface area (Å²) in [6.45, 7) is 11.8. The molecule has 3 aromatic rings. The third-order valence-electron chi connectivity index (χ3n) is 5.90. The lowest BCUT2D eigenvalue weighted by atomic mass is 10.1. The summed E-state index contributed by atoms with van der Waals surface area (Å²) in [4.78, 5) is 24.7. The van der Waals surface area contributed by atoms with Crippen LogP contribution in [0.1, 0.15) is 35.1 Å². The molecule has 3 rings (SSSR count). The van der Waals surface area contributed by atoms with E-state index in [2.05, 4.69) is 98.6 Å². The second kappa shape index (κ2) is 13.8. The molecule has 0 radical (unpaired) electrons. The van der Waals surface area contributed by atoms with Gasteiger partial charge in [-0.3, -0.25) is 0 Å². The number of anilines is 3. The van der Waals surface area contributed by atoms with Gasteiger partial charge in [-0.2, -0.15) is 0 Å². The molecule has 192 valence electrons. The van der Waals surface area contributed by atoms with Gasteiger partial charge in [0.15, 0.2) is 0 Å². The van der Waals surface area contributed by atoms with Crippen molar-refractivity contribution in [2.45, 2.75) is 39.5 Å². The van der Waals surface area contributed by atoms with Crippen LogP contribution in [0.5, 0.6) is 0 Å². The van der Waals surface area contributed by atoms with Gasteiger partial charge in [0.05, 0.1) is 13.2 Å². The molecule has 0 amide bonds. The predicted octanol–water partition coefficient (Wildman–Crippen LogP) is 7.10. The van der Waals surface area contributed by atoms with Gasteiger partial charge >= 0.3 is 11.9 Å². The van der Waals surface area contributed by atoms with E-state index < -0.39 is 0 Å². The van der Waals surface area contributed by atoms with E-state index in [0.717, 1.165) is 42.7 Å². The zero-order chi connectivity index (χ0) is 26.6. The van der Waals surface area contributed by atoms with Crippen molar-refractivity contribution in [3.8, 4) is 0 Å². The van der Waals surface area contributed by atoms with Crippen molar-refractivity contribution < 1.29 is 19.1 Å². The molecule has 0 atom stereocenters. The van der Waals surface area contributed by atoms with Gasteiger partial charge in [-0.25, -0.2) is 9.59 Å². The van der Waals surface area contributed by atoms with Crippen molar-refractivity contribution in [2.24, 2.45) is 0 Å². The van der Waals surface area contributed by atoms with Gasteiger partial charge in [-0.1, -0.05) is 43.5 Å². The monoisotopic (exact) mass is 497 g/mol. The van der Waals surface area contributed by atoms with Crippen LogP contribution in [0.25, 0.3) is 0 Å². The topological polar surface area (TPSA) is 55.8 Å². The average Bonchev–Trinajstić information content (AvgIpc) is 2.90. The summed E-state index contributed by atoms with van der Waals surface area (Å²) in [6.07, 6.45) is 5.53. The molecule has 0 spiro atoms. The van der Waals surface area contributed by atoms with E-state index in [0.29, 0.717) is 13.2 Å². The fraction of sp³-hybridized carbons (Fsp3) is 0.250. The van der Waals surface area contributed by atoms with Gasteiger partial charge in [-0.05, 0) is 98.2 Å². The first-order valence-corrected chi connectivity index (χ1v) is 12.5. The van der Waals surface area contributed by atoms with Crippen LogP contribution in [0, 0.1) is 13.8 Å². The van der Waals surface area contributed by atoms with E-state index in [-0.39, 0.29) is 11.9 Å². The number of ether oxygens (including phenoxy) is 2. The Hall–Kier alpha value is -4.12. The molecular formula is C32H35NO4. The Balaban J connectivity index is 1.76. The van der Waals surface area contributed by atoms with Gasteiger partial charge < -0.3 is 14.4 Å². The van der Waals surface area contributed by atoms with Crippen LogP contribution in [0.15, 0.2) is 92.0 Å². The average molecular weight is 498 g/mol. The van der Waals surface area contributed by atoms with Crippen molar-refractivity contribution in [1.82, 2.24) is 0 Å². The maximum Gasteiger partial charge on any atom is 0.330 e. The first-order chi connectivity index (χ1) is 17.9. The first kappa shape index (κ1) is 27.5. The number of esters is 2. The highest BCUT2D eigenvalue weighted by Crippen LogP contribution is 2.36. The van der Waals surface area contributed by atoms with Gasteiger partial charge in [0.2, 0.25) is 0 Å². The lowest BCUT2D eigenvalue weighted by molar-refractivity contribution is -0.138. The van der Waals surface area contributed by atoms with Crippen LogP contribution in [0.4, 0.5) is 17.1 Å². The molecule has 0 heterocycles. The third-order valence-corrected chi connectivity index (χ3v) is 5.90. The molecule has 0 saturated heterocycles. The maximum atomic E-state index is 11.2. The number of hydrogen-bond acceptors (Lipinski definition) is 5. The Kier molecular flexibility index (Phi) is 10.3. The van der Waals surface area contributed by atoms with Crippen LogP contribution in [-0.2, 0) is 31.9 Å². The maximum absolute atomic E-state index is 11.2. The molecule has 3 aromatic carbocycles. The van der Waals surface area contributed by atoms with Crippen LogP contribution in [0.3, 0.4) is 0 Å². The number of rotatable bonds is 13. The van der Waals surface area contributed by atoms with E-state index in [9.17, 15) is 9.59 Å². The van der Waals surface area contributed by atoms with Gasteiger partial charge in [-0.15, -0.1) is 0 Å². The molecule has 0 aliphatic carbocycles. The largest absolute Gasteiger partial charge is 0.463 e. The SMILES string of the molecule is C=CC(=O)OCCCc1ccc(N(c2ccc(CCCOC(=O)C=C)cc2)c2cc(C)cc(C)c2)cc1. The van der Waals surface area contributed by atoms with E-state index in [1.165, 1.54) is 34.4 Å². The Labute approximate surface area is 220 Å². The Morgan fingerprint density at radius 2 is 1.08 bits per heavy atom. The second-order valence-electron chi connectivity index (χ2n) is 8.96. The number of carbonyl (C=O) groups is 2. The number of benzene rings is 3. The predicted molar refractivity (Wildman–Crippen MR) is 150 cm³/mol. The molecule has 0 unspecified atom stereocenters. The molecular weight excluding hydrogens is 462 g/mol. The molecule has 0 aromatic heterocycles. The number of hydrogen-bond donors (Lipinski definition) is 0. The minimum Gasteiger partial charge on any atom is -0.463 e. The molecule has 0 fully saturated rings. The Bertz CT molecular complexity index is 1120. The Morgan fingerprint density at radius 3 is 1.46 bits per heavy atom. The normalized spacial score (nSPS) is 10.4. The van der Waals surface area contributed by atoms with E-state index in [4.69, 9.17) is 9.47 Å². The van der Waals surface area contributed by atoms with Gasteiger partial charge in [0.25, 0.3) is 0 Å². The summed E-state index contributed by atoms with van der Waals surface area (Å²) >= 11 is 0. The van der Waals surface area contributed by atoms with Gasteiger partial charge in [0.1, 0.15) is 0 Å². The summed E-state index contributed by atoms with van der Waals surface area (Å²) in [5, 5.41) is 0. The second-order valence-corrected chi connectivity index (χ2v) is 8.96. The molecule has 0 saturated carbocycles. The smallest absolute Gasteiger partial charge is 0.330 e. The molecule has 0 bridgehead atoms. The van der Waals surface area contributed by atoms with Crippen molar-refractivity contribution >= 4 is 29.0 Å². The molecule has 5 nitrogen and oxygen atoms in total. The Morgan fingerprint density at radius 1 is 0.676 bits per heavy atom. The summed E-state index contributed by atoms with van der Waals surface area (Å²) in [6, 6.07) is 23.6. The van der Waals surface area contributed by atoms with Crippen LogP contribution >= 0.6 is 0 Å². The minimum absolute atomic E-state index is 0.379. The molecule has 5 heteroatoms. The lowest BCUT2D eigenvalue weighted by Crippen LogP contribution is -2.11. The fourth-order valence-electron chi connectivity index (χ4n) is 4.17. The van der Waals surface area contributed by atoms with Crippen molar-refractivity contribution in [3.05, 3.63) is 114 Å². The van der Waals surface area contributed by atoms with Crippen molar-refractivity contribution in [3.63, 3.8) is 0 Å². The molecule has 37 heavy (non-hydrogen) atoms. The van der Waals surface area contributed by atoms with E-state index in [1.54, 1.807) is 0 Å².